The topological polar surface area (TPSA) is 76.6 Å². The van der Waals surface area contributed by atoms with Crippen molar-refractivity contribution < 1.29 is 27.1 Å². The zero-order chi connectivity index (χ0) is 25.1. The van der Waals surface area contributed by atoms with E-state index in [9.17, 15) is 18.0 Å². The number of carbonyl (C=O) groups is 1. The Labute approximate surface area is 204 Å². The lowest BCUT2D eigenvalue weighted by molar-refractivity contribution is -0.136. The third-order valence-corrected chi connectivity index (χ3v) is 6.52. The normalized spacial score (nSPS) is 21.0. The number of halogens is 4. The molecule has 0 aliphatic carbocycles. The molecule has 3 aromatic rings. The van der Waals surface area contributed by atoms with Crippen LogP contribution in [0.25, 0.3) is 16.8 Å². The molecule has 2 aromatic heterocycles. The van der Waals surface area contributed by atoms with Gasteiger partial charge in [0.1, 0.15) is 22.4 Å². The molecule has 2 saturated heterocycles. The molecule has 0 spiro atoms. The Morgan fingerprint density at radius 2 is 1.89 bits per heavy atom. The summed E-state index contributed by atoms with van der Waals surface area (Å²) in [5.41, 5.74) is -1.84. The highest BCUT2D eigenvalue weighted by molar-refractivity contribution is 6.32. The molecule has 2 fully saturated rings. The third-order valence-electron chi connectivity index (χ3n) is 6.22. The molecule has 2 aliphatic heterocycles. The number of rotatable bonds is 2. The van der Waals surface area contributed by atoms with Crippen molar-refractivity contribution in [2.24, 2.45) is 0 Å². The molecule has 2 unspecified atom stereocenters. The molecular formula is C23H25ClF3N5O3. The molecule has 0 N–H and O–H groups in total. The molecule has 1 amide bonds. The molecule has 8 nitrogen and oxygen atoms in total. The molecule has 2 bridgehead atoms. The number of alkyl halides is 3. The highest BCUT2D eigenvalue weighted by Gasteiger charge is 2.44. The highest BCUT2D eigenvalue weighted by Crippen LogP contribution is 2.43. The summed E-state index contributed by atoms with van der Waals surface area (Å²) in [5.74, 6) is 0. The summed E-state index contributed by atoms with van der Waals surface area (Å²) >= 11 is 6.08. The van der Waals surface area contributed by atoms with E-state index in [2.05, 4.69) is 10.1 Å². The Bertz CT molecular complexity index is 1240. The van der Waals surface area contributed by atoms with Crippen LogP contribution in [0.5, 0.6) is 0 Å². The molecule has 2 atom stereocenters. The third kappa shape index (κ3) is 4.41. The number of aromatic nitrogens is 3. The molecule has 0 saturated carbocycles. The second-order valence-corrected chi connectivity index (χ2v) is 10.3. The molecule has 5 rings (SSSR count). The van der Waals surface area contributed by atoms with E-state index >= 15 is 0 Å². The fraction of sp³-hybridized carbons (Fsp3) is 0.522. The van der Waals surface area contributed by atoms with Crippen LogP contribution in [-0.2, 0) is 10.9 Å². The van der Waals surface area contributed by atoms with Gasteiger partial charge in [-0.05, 0) is 52.2 Å². The molecule has 188 valence electrons. The summed E-state index contributed by atoms with van der Waals surface area (Å²) in [5, 5.41) is 3.63. The minimum atomic E-state index is -4.72. The van der Waals surface area contributed by atoms with Gasteiger partial charge < -0.3 is 14.1 Å². The van der Waals surface area contributed by atoms with Gasteiger partial charge in [0, 0.05) is 25.5 Å². The number of anilines is 1. The Morgan fingerprint density at radius 3 is 2.46 bits per heavy atom. The number of ether oxygens (including phenoxy) is 1. The number of nitrogens with zero attached hydrogens (tertiary/aromatic N) is 5. The molecule has 4 heterocycles. The first-order valence-corrected chi connectivity index (χ1v) is 11.8. The van der Waals surface area contributed by atoms with E-state index in [4.69, 9.17) is 20.8 Å². The Kier molecular flexibility index (Phi) is 5.65. The first-order valence-electron chi connectivity index (χ1n) is 11.4. The van der Waals surface area contributed by atoms with Crippen LogP contribution in [0.15, 0.2) is 28.9 Å². The van der Waals surface area contributed by atoms with Gasteiger partial charge in [-0.3, -0.25) is 4.90 Å². The van der Waals surface area contributed by atoms with E-state index in [1.165, 1.54) is 16.9 Å². The van der Waals surface area contributed by atoms with Crippen molar-refractivity contribution in [2.45, 2.75) is 63.9 Å². The van der Waals surface area contributed by atoms with Crippen molar-refractivity contribution in [3.05, 3.63) is 35.1 Å². The lowest BCUT2D eigenvalue weighted by Gasteiger charge is -2.49. The molecule has 12 heteroatoms. The monoisotopic (exact) mass is 511 g/mol. The number of fused-ring (bicyclic) bond motifs is 3. The quantitative estimate of drug-likeness (QED) is 0.441. The lowest BCUT2D eigenvalue weighted by Crippen LogP contribution is -2.63. The smallest absolute Gasteiger partial charge is 0.420 e. The van der Waals surface area contributed by atoms with Crippen LogP contribution in [-0.4, -0.2) is 56.5 Å². The second kappa shape index (κ2) is 8.32. The number of piperazine rings is 1. The number of hydrogen-bond acceptors (Lipinski definition) is 6. The number of carbonyl (C=O) groups excluding carboxylic acids is 1. The number of piperidine rings is 1. The van der Waals surface area contributed by atoms with Gasteiger partial charge in [0.05, 0.1) is 17.1 Å². The number of amides is 1. The van der Waals surface area contributed by atoms with Crippen molar-refractivity contribution in [1.82, 2.24) is 19.7 Å². The fourth-order valence-electron chi connectivity index (χ4n) is 4.89. The van der Waals surface area contributed by atoms with Gasteiger partial charge in [-0.15, -0.1) is 0 Å². The van der Waals surface area contributed by atoms with E-state index in [0.717, 1.165) is 19.3 Å². The van der Waals surface area contributed by atoms with Gasteiger partial charge in [-0.25, -0.2) is 9.48 Å². The Balaban J connectivity index is 1.54. The standard InChI is InChI=1S/C23H25ClF3N5O3/c1-22(2,3)35-21(33)32-13-6-4-7-14(32)12-30(11-13)20-29-18-17(23(25,26)27)15(24)10-16(19(18)34-20)31-9-5-8-28-31/h5,8-10,13-14H,4,6-7,11-12H2,1-3H3. The first-order chi connectivity index (χ1) is 16.4. The summed E-state index contributed by atoms with van der Waals surface area (Å²) in [4.78, 5) is 20.7. The Hall–Kier alpha value is -2.95. The summed E-state index contributed by atoms with van der Waals surface area (Å²) in [6.45, 7) is 6.19. The average molecular weight is 512 g/mol. The van der Waals surface area contributed by atoms with E-state index < -0.39 is 22.4 Å². The summed E-state index contributed by atoms with van der Waals surface area (Å²) in [6.07, 6.45) is 0.452. The zero-order valence-corrected chi connectivity index (χ0v) is 20.2. The van der Waals surface area contributed by atoms with Crippen molar-refractivity contribution in [2.75, 3.05) is 18.0 Å². The second-order valence-electron chi connectivity index (χ2n) is 9.91. The van der Waals surface area contributed by atoms with Crippen molar-refractivity contribution in [1.29, 1.82) is 0 Å². The van der Waals surface area contributed by atoms with Crippen LogP contribution >= 0.6 is 11.6 Å². The summed E-state index contributed by atoms with van der Waals surface area (Å²) < 4.78 is 54.7. The van der Waals surface area contributed by atoms with E-state index in [1.807, 2.05) is 20.8 Å². The maximum Gasteiger partial charge on any atom is 0.420 e. The van der Waals surface area contributed by atoms with E-state index in [1.54, 1.807) is 22.1 Å². The zero-order valence-electron chi connectivity index (χ0n) is 19.5. The van der Waals surface area contributed by atoms with Crippen LogP contribution in [0.4, 0.5) is 24.0 Å². The van der Waals surface area contributed by atoms with Gasteiger partial charge in [0.15, 0.2) is 5.58 Å². The van der Waals surface area contributed by atoms with Gasteiger partial charge >= 0.3 is 12.3 Å². The minimum Gasteiger partial charge on any atom is -0.444 e. The largest absolute Gasteiger partial charge is 0.444 e. The number of hydrogen-bond donors (Lipinski definition) is 0. The van der Waals surface area contributed by atoms with Gasteiger partial charge in [-0.1, -0.05) is 11.6 Å². The fourth-order valence-corrected chi connectivity index (χ4v) is 5.19. The van der Waals surface area contributed by atoms with E-state index in [0.29, 0.717) is 13.1 Å². The van der Waals surface area contributed by atoms with Crippen molar-refractivity contribution >= 4 is 34.8 Å². The van der Waals surface area contributed by atoms with Crippen LogP contribution in [0, 0.1) is 0 Å². The maximum absolute atomic E-state index is 13.9. The number of oxazole rings is 1. The summed E-state index contributed by atoms with van der Waals surface area (Å²) in [6, 6.07) is 2.56. The molecule has 35 heavy (non-hydrogen) atoms. The van der Waals surface area contributed by atoms with E-state index in [-0.39, 0.29) is 41.0 Å². The van der Waals surface area contributed by atoms with Crippen molar-refractivity contribution in [3.8, 4) is 5.69 Å². The van der Waals surface area contributed by atoms with Crippen LogP contribution in [0.2, 0.25) is 5.02 Å². The molecule has 1 aromatic carbocycles. The molecule has 0 radical (unpaired) electrons. The van der Waals surface area contributed by atoms with Gasteiger partial charge in [-0.2, -0.15) is 23.3 Å². The van der Waals surface area contributed by atoms with Crippen LogP contribution in [0.1, 0.15) is 45.6 Å². The average Bonchev–Trinajstić information content (AvgIpc) is 3.40. The number of benzene rings is 1. The predicted octanol–water partition coefficient (Wildman–Crippen LogP) is 5.66. The SMILES string of the molecule is CC(C)(C)OC(=O)N1C2CCCC1CN(c1nc3c(C(F)(F)F)c(Cl)cc(-n4cccn4)c3o1)C2. The minimum absolute atomic E-state index is 0.0554. The Morgan fingerprint density at radius 1 is 1.20 bits per heavy atom. The van der Waals surface area contributed by atoms with Crippen LogP contribution < -0.4 is 4.90 Å². The molecular weight excluding hydrogens is 487 g/mol. The van der Waals surface area contributed by atoms with Crippen molar-refractivity contribution in [3.63, 3.8) is 0 Å². The summed E-state index contributed by atoms with van der Waals surface area (Å²) in [7, 11) is 0. The van der Waals surface area contributed by atoms with Gasteiger partial charge in [0.25, 0.3) is 6.01 Å². The predicted molar refractivity (Wildman–Crippen MR) is 123 cm³/mol. The lowest BCUT2D eigenvalue weighted by atomic mass is 9.92. The van der Waals surface area contributed by atoms with Crippen LogP contribution in [0.3, 0.4) is 0 Å². The maximum atomic E-state index is 13.9. The first kappa shape index (κ1) is 23.8. The van der Waals surface area contributed by atoms with Gasteiger partial charge in [0.2, 0.25) is 0 Å². The highest BCUT2D eigenvalue weighted by atomic mass is 35.5. The molecule has 2 aliphatic rings.